The number of hydrogen-bond donors (Lipinski definition) is 0. The molecule has 1 fully saturated rings. The molecule has 0 radical (unpaired) electrons. The molecule has 0 saturated heterocycles. The van der Waals surface area contributed by atoms with Gasteiger partial charge in [-0.2, -0.15) is 8.75 Å². The lowest BCUT2D eigenvalue weighted by Crippen LogP contribution is -1.92. The van der Waals surface area contributed by atoms with Crippen molar-refractivity contribution in [3.05, 3.63) is 17.5 Å². The van der Waals surface area contributed by atoms with Gasteiger partial charge in [0.15, 0.2) is 0 Å². The minimum atomic E-state index is 0.428. The van der Waals surface area contributed by atoms with Gasteiger partial charge in [0, 0.05) is 5.92 Å². The summed E-state index contributed by atoms with van der Waals surface area (Å²) in [5, 5.41) is 0. The number of fused-ring (bicyclic) bond motifs is 3. The van der Waals surface area contributed by atoms with Gasteiger partial charge in [-0.1, -0.05) is 19.9 Å². The highest BCUT2D eigenvalue weighted by molar-refractivity contribution is 6.99. The van der Waals surface area contributed by atoms with Crippen LogP contribution in [0, 0.1) is 11.3 Å². The normalized spacial score (nSPS) is 34.2. The molecule has 0 amide bonds. The topological polar surface area (TPSA) is 25.8 Å². The SMILES string of the molecule is CC1(C)C2C=Cc3nsnc3C21. The molecule has 0 bridgehead atoms. The van der Waals surface area contributed by atoms with Gasteiger partial charge in [0.1, 0.15) is 5.69 Å². The van der Waals surface area contributed by atoms with Crippen LogP contribution in [-0.4, -0.2) is 8.75 Å². The van der Waals surface area contributed by atoms with Gasteiger partial charge in [0.2, 0.25) is 0 Å². The van der Waals surface area contributed by atoms with E-state index in [-0.39, 0.29) is 0 Å². The molecule has 0 spiro atoms. The highest BCUT2D eigenvalue weighted by atomic mass is 32.1. The van der Waals surface area contributed by atoms with Gasteiger partial charge in [0.25, 0.3) is 0 Å². The van der Waals surface area contributed by atoms with Gasteiger partial charge >= 0.3 is 0 Å². The van der Waals surface area contributed by atoms with E-state index in [4.69, 9.17) is 0 Å². The van der Waals surface area contributed by atoms with Gasteiger partial charge in [0.05, 0.1) is 17.4 Å². The summed E-state index contributed by atoms with van der Waals surface area (Å²) < 4.78 is 8.60. The maximum atomic E-state index is 4.35. The lowest BCUT2D eigenvalue weighted by Gasteiger charge is -1.98. The third-order valence-corrected chi connectivity index (χ3v) is 3.76. The van der Waals surface area contributed by atoms with Crippen molar-refractivity contribution >= 4 is 17.8 Å². The van der Waals surface area contributed by atoms with Crippen LogP contribution in [0.2, 0.25) is 0 Å². The first kappa shape index (κ1) is 6.78. The molecule has 1 heterocycles. The summed E-state index contributed by atoms with van der Waals surface area (Å²) in [7, 11) is 0. The van der Waals surface area contributed by atoms with Crippen LogP contribution in [0.25, 0.3) is 6.08 Å². The van der Waals surface area contributed by atoms with Crippen LogP contribution < -0.4 is 0 Å². The Morgan fingerprint density at radius 3 is 3.08 bits per heavy atom. The monoisotopic (exact) mass is 178 g/mol. The Labute approximate surface area is 75.6 Å². The highest BCUT2D eigenvalue weighted by Crippen LogP contribution is 2.66. The third-order valence-electron chi connectivity index (χ3n) is 3.21. The zero-order chi connectivity index (χ0) is 8.34. The van der Waals surface area contributed by atoms with E-state index in [2.05, 4.69) is 34.7 Å². The molecule has 0 aromatic carbocycles. The summed E-state index contributed by atoms with van der Waals surface area (Å²) in [6, 6.07) is 0. The number of nitrogens with zero attached hydrogens (tertiary/aromatic N) is 2. The van der Waals surface area contributed by atoms with Crippen molar-refractivity contribution in [2.45, 2.75) is 19.8 Å². The predicted molar refractivity (Wildman–Crippen MR) is 49.0 cm³/mol. The van der Waals surface area contributed by atoms with Crippen LogP contribution in [-0.2, 0) is 0 Å². The van der Waals surface area contributed by atoms with Crippen molar-refractivity contribution in [2.24, 2.45) is 11.3 Å². The van der Waals surface area contributed by atoms with E-state index < -0.39 is 0 Å². The Balaban J connectivity index is 2.17. The van der Waals surface area contributed by atoms with Crippen molar-refractivity contribution in [2.75, 3.05) is 0 Å². The summed E-state index contributed by atoms with van der Waals surface area (Å²) in [5.74, 6) is 1.37. The first-order valence-electron chi connectivity index (χ1n) is 4.22. The molecular weight excluding hydrogens is 168 g/mol. The zero-order valence-electron chi connectivity index (χ0n) is 7.11. The average Bonchev–Trinajstić information content (AvgIpc) is 2.50. The Hall–Kier alpha value is -0.700. The fourth-order valence-electron chi connectivity index (χ4n) is 2.29. The van der Waals surface area contributed by atoms with Crippen LogP contribution in [0.5, 0.6) is 0 Å². The van der Waals surface area contributed by atoms with Gasteiger partial charge in [-0.25, -0.2) is 0 Å². The maximum Gasteiger partial charge on any atom is 0.100 e. The second-order valence-electron chi connectivity index (χ2n) is 4.22. The Morgan fingerprint density at radius 1 is 1.42 bits per heavy atom. The molecule has 2 aliphatic carbocycles. The van der Waals surface area contributed by atoms with Gasteiger partial charge in [-0.3, -0.25) is 0 Å². The summed E-state index contributed by atoms with van der Waals surface area (Å²) in [5.41, 5.74) is 2.77. The minimum Gasteiger partial charge on any atom is -0.177 e. The predicted octanol–water partition coefficient (Wildman–Crippen LogP) is 2.30. The van der Waals surface area contributed by atoms with E-state index in [1.54, 1.807) is 0 Å². The number of hydrogen-bond acceptors (Lipinski definition) is 3. The molecule has 1 saturated carbocycles. The Morgan fingerprint density at radius 2 is 2.25 bits per heavy atom. The summed E-state index contributed by atoms with van der Waals surface area (Å²) >= 11 is 1.34. The van der Waals surface area contributed by atoms with Crippen LogP contribution in [0.1, 0.15) is 31.2 Å². The molecule has 2 aliphatic rings. The van der Waals surface area contributed by atoms with Gasteiger partial charge in [-0.15, -0.1) is 0 Å². The van der Waals surface area contributed by atoms with Crippen LogP contribution in [0.4, 0.5) is 0 Å². The van der Waals surface area contributed by atoms with Gasteiger partial charge in [-0.05, 0) is 17.4 Å². The molecule has 0 aliphatic heterocycles. The molecule has 12 heavy (non-hydrogen) atoms. The van der Waals surface area contributed by atoms with Crippen molar-refractivity contribution in [3.63, 3.8) is 0 Å². The van der Waals surface area contributed by atoms with Crippen molar-refractivity contribution in [3.8, 4) is 0 Å². The molecule has 62 valence electrons. The Kier molecular flexibility index (Phi) is 1.01. The number of allylic oxidation sites excluding steroid dienone is 1. The lowest BCUT2D eigenvalue weighted by atomic mass is 10.1. The van der Waals surface area contributed by atoms with E-state index >= 15 is 0 Å². The van der Waals surface area contributed by atoms with E-state index in [1.165, 1.54) is 17.4 Å². The molecular formula is C9H10N2S. The van der Waals surface area contributed by atoms with E-state index in [1.807, 2.05) is 0 Å². The second-order valence-corrected chi connectivity index (χ2v) is 4.75. The van der Waals surface area contributed by atoms with Crippen LogP contribution in [0.15, 0.2) is 6.08 Å². The molecule has 1 aromatic rings. The molecule has 3 rings (SSSR count). The largest absolute Gasteiger partial charge is 0.177 e. The average molecular weight is 178 g/mol. The van der Waals surface area contributed by atoms with E-state index in [0.717, 1.165) is 5.69 Å². The maximum absolute atomic E-state index is 4.35. The quantitative estimate of drug-likeness (QED) is 0.609. The highest BCUT2D eigenvalue weighted by Gasteiger charge is 2.59. The first-order chi connectivity index (χ1) is 5.71. The lowest BCUT2D eigenvalue weighted by molar-refractivity contribution is 0.593. The summed E-state index contributed by atoms with van der Waals surface area (Å²) in [4.78, 5) is 0. The molecule has 2 unspecified atom stereocenters. The first-order valence-corrected chi connectivity index (χ1v) is 4.95. The number of rotatable bonds is 0. The van der Waals surface area contributed by atoms with Gasteiger partial charge < -0.3 is 0 Å². The minimum absolute atomic E-state index is 0.428. The zero-order valence-corrected chi connectivity index (χ0v) is 7.93. The van der Waals surface area contributed by atoms with Crippen molar-refractivity contribution in [1.82, 2.24) is 8.75 Å². The molecule has 3 heteroatoms. The van der Waals surface area contributed by atoms with Crippen LogP contribution >= 0.6 is 11.7 Å². The van der Waals surface area contributed by atoms with E-state index in [0.29, 0.717) is 17.3 Å². The molecule has 2 nitrogen and oxygen atoms in total. The fourth-order valence-corrected chi connectivity index (χ4v) is 2.87. The summed E-state index contributed by atoms with van der Waals surface area (Å²) in [6.45, 7) is 4.61. The Bertz CT molecular complexity index is 364. The van der Waals surface area contributed by atoms with E-state index in [9.17, 15) is 0 Å². The van der Waals surface area contributed by atoms with Crippen molar-refractivity contribution < 1.29 is 0 Å². The molecule has 1 aromatic heterocycles. The smallest absolute Gasteiger partial charge is 0.100 e. The van der Waals surface area contributed by atoms with Crippen molar-refractivity contribution in [1.29, 1.82) is 0 Å². The molecule has 2 atom stereocenters. The number of aromatic nitrogens is 2. The third kappa shape index (κ3) is 0.614. The molecule has 0 N–H and O–H groups in total. The second kappa shape index (κ2) is 1.79. The standard InChI is InChI=1S/C9H10N2S/c1-9(2)5-3-4-6-8(7(5)9)11-12-10-6/h3-5,7H,1-2H3. The summed E-state index contributed by atoms with van der Waals surface area (Å²) in [6.07, 6.45) is 4.41. The fraction of sp³-hybridized carbons (Fsp3) is 0.556. The van der Waals surface area contributed by atoms with Crippen LogP contribution in [0.3, 0.4) is 0 Å².